The van der Waals surface area contributed by atoms with Crippen LogP contribution >= 0.6 is 0 Å². The lowest BCUT2D eigenvalue weighted by Gasteiger charge is -2.03. The van der Waals surface area contributed by atoms with E-state index in [2.05, 4.69) is 6.07 Å². The second-order valence-electron chi connectivity index (χ2n) is 2.20. The summed E-state index contributed by atoms with van der Waals surface area (Å²) in [5.41, 5.74) is 5.30. The molecule has 10 heavy (non-hydrogen) atoms. The third kappa shape index (κ3) is 4.30. The first-order valence-corrected chi connectivity index (χ1v) is 3.43. The lowest BCUT2D eigenvalue weighted by molar-refractivity contribution is 0.190. The number of nitriles is 1. The first kappa shape index (κ1) is 9.41. The van der Waals surface area contributed by atoms with Gasteiger partial charge in [0.2, 0.25) is 0 Å². The van der Waals surface area contributed by atoms with Gasteiger partial charge in [-0.05, 0) is 12.8 Å². The molecule has 0 fully saturated rings. The molecule has 58 valence electrons. The number of nitrogens with two attached hydrogens (primary N) is 1. The van der Waals surface area contributed by atoms with E-state index in [1.54, 1.807) is 7.11 Å². The predicted molar refractivity (Wildman–Crippen MR) is 39.3 cm³/mol. The molecule has 0 heterocycles. The van der Waals surface area contributed by atoms with Crippen molar-refractivity contribution >= 4 is 0 Å². The van der Waals surface area contributed by atoms with E-state index < -0.39 is 0 Å². The van der Waals surface area contributed by atoms with E-state index in [1.807, 2.05) is 0 Å². The first-order valence-electron chi connectivity index (χ1n) is 3.43. The van der Waals surface area contributed by atoms with Gasteiger partial charge in [0.1, 0.15) is 0 Å². The number of ether oxygens (including phenoxy) is 1. The number of hydrogen-bond acceptors (Lipinski definition) is 3. The Morgan fingerprint density at radius 2 is 2.40 bits per heavy atom. The van der Waals surface area contributed by atoms with E-state index >= 15 is 0 Å². The summed E-state index contributed by atoms with van der Waals surface area (Å²) >= 11 is 0. The van der Waals surface area contributed by atoms with Gasteiger partial charge in [-0.1, -0.05) is 0 Å². The molecule has 1 atom stereocenters. The topological polar surface area (TPSA) is 59.0 Å². The van der Waals surface area contributed by atoms with Gasteiger partial charge < -0.3 is 10.5 Å². The zero-order valence-corrected chi connectivity index (χ0v) is 6.34. The van der Waals surface area contributed by atoms with Gasteiger partial charge in [0, 0.05) is 20.3 Å². The summed E-state index contributed by atoms with van der Waals surface area (Å²) in [6, 6.07) is 2.13. The summed E-state index contributed by atoms with van der Waals surface area (Å²) in [4.78, 5) is 0. The van der Waals surface area contributed by atoms with Gasteiger partial charge >= 0.3 is 0 Å². The van der Waals surface area contributed by atoms with Crippen LogP contribution in [0.4, 0.5) is 0 Å². The van der Waals surface area contributed by atoms with Crippen LogP contribution in [0.15, 0.2) is 0 Å². The van der Waals surface area contributed by atoms with E-state index in [0.29, 0.717) is 6.54 Å². The number of hydrogen-bond donors (Lipinski definition) is 1. The molecule has 0 aliphatic rings. The molecule has 0 spiro atoms. The van der Waals surface area contributed by atoms with Gasteiger partial charge in [0.15, 0.2) is 0 Å². The molecule has 0 radical (unpaired) electrons. The molecule has 0 aromatic heterocycles. The molecular formula is C7H14N2O. The molecule has 0 aromatic carbocycles. The summed E-state index contributed by atoms with van der Waals surface area (Å²) in [5.74, 6) is 0.00940. The van der Waals surface area contributed by atoms with E-state index in [-0.39, 0.29) is 5.92 Å². The average Bonchev–Trinajstić information content (AvgIpc) is 1.99. The highest BCUT2D eigenvalue weighted by molar-refractivity contribution is 4.82. The van der Waals surface area contributed by atoms with Crippen LogP contribution in [0.5, 0.6) is 0 Å². The van der Waals surface area contributed by atoms with Crippen molar-refractivity contribution in [2.45, 2.75) is 12.8 Å². The Bertz CT molecular complexity index is 109. The van der Waals surface area contributed by atoms with Crippen LogP contribution in [0.25, 0.3) is 0 Å². The molecule has 0 saturated carbocycles. The molecule has 0 saturated heterocycles. The van der Waals surface area contributed by atoms with Gasteiger partial charge in [0.05, 0.1) is 12.0 Å². The Labute approximate surface area is 61.8 Å². The second kappa shape index (κ2) is 6.53. The smallest absolute Gasteiger partial charge is 0.0669 e. The van der Waals surface area contributed by atoms with E-state index in [9.17, 15) is 0 Å². The fourth-order valence-electron chi connectivity index (χ4n) is 0.709. The van der Waals surface area contributed by atoms with Crippen LogP contribution < -0.4 is 5.73 Å². The molecule has 0 aromatic rings. The van der Waals surface area contributed by atoms with E-state index in [0.717, 1.165) is 19.4 Å². The van der Waals surface area contributed by atoms with Crippen molar-refractivity contribution in [2.24, 2.45) is 11.7 Å². The Hall–Kier alpha value is -0.590. The van der Waals surface area contributed by atoms with Gasteiger partial charge in [0.25, 0.3) is 0 Å². The van der Waals surface area contributed by atoms with Crippen LogP contribution in [0, 0.1) is 17.2 Å². The Kier molecular flexibility index (Phi) is 6.14. The van der Waals surface area contributed by atoms with Crippen molar-refractivity contribution in [1.29, 1.82) is 5.26 Å². The third-order valence-electron chi connectivity index (χ3n) is 1.37. The summed E-state index contributed by atoms with van der Waals surface area (Å²) in [5, 5.41) is 8.45. The Morgan fingerprint density at radius 1 is 1.70 bits per heavy atom. The highest BCUT2D eigenvalue weighted by Crippen LogP contribution is 2.02. The van der Waals surface area contributed by atoms with Crippen LogP contribution in [0.2, 0.25) is 0 Å². The fraction of sp³-hybridized carbons (Fsp3) is 0.857. The molecule has 0 aliphatic carbocycles. The van der Waals surface area contributed by atoms with Gasteiger partial charge in [-0.2, -0.15) is 5.26 Å². The minimum absolute atomic E-state index is 0.00940. The zero-order chi connectivity index (χ0) is 7.82. The number of methoxy groups -OCH3 is 1. The summed E-state index contributed by atoms with van der Waals surface area (Å²) in [6.45, 7) is 1.18. The monoisotopic (exact) mass is 142 g/mol. The summed E-state index contributed by atoms with van der Waals surface area (Å²) in [7, 11) is 1.66. The SMILES string of the molecule is COCCCC(C#N)CN. The highest BCUT2D eigenvalue weighted by atomic mass is 16.5. The standard InChI is InChI=1S/C7H14N2O/c1-10-4-2-3-7(5-8)6-9/h7H,2-5,8H2,1H3. The Morgan fingerprint density at radius 3 is 2.80 bits per heavy atom. The predicted octanol–water partition coefficient (Wildman–Crippen LogP) is 0.511. The van der Waals surface area contributed by atoms with Gasteiger partial charge in [-0.3, -0.25) is 0 Å². The molecule has 3 nitrogen and oxygen atoms in total. The molecule has 0 rings (SSSR count). The molecule has 1 unspecified atom stereocenters. The number of rotatable bonds is 5. The summed E-state index contributed by atoms with van der Waals surface area (Å²) < 4.78 is 4.83. The maximum atomic E-state index is 8.45. The molecular weight excluding hydrogens is 128 g/mol. The van der Waals surface area contributed by atoms with Crippen molar-refractivity contribution in [3.63, 3.8) is 0 Å². The van der Waals surface area contributed by atoms with Crippen LogP contribution in [-0.4, -0.2) is 20.3 Å². The lowest BCUT2D eigenvalue weighted by Crippen LogP contribution is -2.12. The highest BCUT2D eigenvalue weighted by Gasteiger charge is 2.02. The number of nitrogens with zero attached hydrogens (tertiary/aromatic N) is 1. The molecule has 0 bridgehead atoms. The summed E-state index contributed by atoms with van der Waals surface area (Å²) in [6.07, 6.45) is 1.77. The van der Waals surface area contributed by atoms with E-state index in [1.165, 1.54) is 0 Å². The second-order valence-corrected chi connectivity index (χ2v) is 2.20. The lowest BCUT2D eigenvalue weighted by atomic mass is 10.1. The largest absolute Gasteiger partial charge is 0.385 e. The fourth-order valence-corrected chi connectivity index (χ4v) is 0.709. The molecule has 2 N–H and O–H groups in total. The van der Waals surface area contributed by atoms with Crippen LogP contribution in [0.1, 0.15) is 12.8 Å². The van der Waals surface area contributed by atoms with Crippen LogP contribution in [0.3, 0.4) is 0 Å². The molecule has 3 heteroatoms. The van der Waals surface area contributed by atoms with Crippen molar-refractivity contribution in [3.05, 3.63) is 0 Å². The maximum absolute atomic E-state index is 8.45. The van der Waals surface area contributed by atoms with Gasteiger partial charge in [-0.15, -0.1) is 0 Å². The quantitative estimate of drug-likeness (QED) is 0.569. The minimum Gasteiger partial charge on any atom is -0.385 e. The van der Waals surface area contributed by atoms with Crippen molar-refractivity contribution in [3.8, 4) is 6.07 Å². The minimum atomic E-state index is 0.00940. The Balaban J connectivity index is 3.20. The average molecular weight is 142 g/mol. The van der Waals surface area contributed by atoms with Crippen molar-refractivity contribution in [2.75, 3.05) is 20.3 Å². The normalized spacial score (nSPS) is 12.5. The maximum Gasteiger partial charge on any atom is 0.0669 e. The first-order chi connectivity index (χ1) is 4.85. The third-order valence-corrected chi connectivity index (χ3v) is 1.37. The zero-order valence-electron chi connectivity index (χ0n) is 6.34. The molecule has 0 aliphatic heterocycles. The van der Waals surface area contributed by atoms with Crippen molar-refractivity contribution < 1.29 is 4.74 Å². The van der Waals surface area contributed by atoms with Crippen LogP contribution in [-0.2, 0) is 4.74 Å². The van der Waals surface area contributed by atoms with Crippen molar-refractivity contribution in [1.82, 2.24) is 0 Å². The van der Waals surface area contributed by atoms with Gasteiger partial charge in [-0.25, -0.2) is 0 Å². The molecule has 0 amide bonds. The van der Waals surface area contributed by atoms with E-state index in [4.69, 9.17) is 15.7 Å².